The molecular weight excluding hydrogens is 230 g/mol. The summed E-state index contributed by atoms with van der Waals surface area (Å²) in [6.07, 6.45) is 2.89. The number of rotatable bonds is 8. The Labute approximate surface area is 110 Å². The number of nitrogens with one attached hydrogen (secondary N) is 2. The molecular formula is C13H27N3O2. The fourth-order valence-electron chi connectivity index (χ4n) is 1.59. The number of hydrogen-bond acceptors (Lipinski definition) is 3. The number of carbonyl (C=O) groups excluding carboxylic acids is 2. The van der Waals surface area contributed by atoms with E-state index in [2.05, 4.69) is 17.6 Å². The third-order valence-electron chi connectivity index (χ3n) is 2.94. The topological polar surface area (TPSA) is 84.2 Å². The highest BCUT2D eigenvalue weighted by Gasteiger charge is 2.18. The normalized spacial score (nSPS) is 14.1. The van der Waals surface area contributed by atoms with E-state index in [4.69, 9.17) is 5.73 Å². The van der Waals surface area contributed by atoms with Gasteiger partial charge in [0, 0.05) is 6.04 Å². The molecule has 0 rings (SSSR count). The zero-order chi connectivity index (χ0) is 14.1. The van der Waals surface area contributed by atoms with Crippen LogP contribution in [0.1, 0.15) is 47.0 Å². The van der Waals surface area contributed by atoms with Crippen LogP contribution in [0.4, 0.5) is 0 Å². The second-order valence-corrected chi connectivity index (χ2v) is 4.95. The van der Waals surface area contributed by atoms with E-state index in [1.807, 2.05) is 20.8 Å². The van der Waals surface area contributed by atoms with Crippen LogP contribution >= 0.6 is 0 Å². The highest BCUT2D eigenvalue weighted by atomic mass is 16.2. The molecule has 106 valence electrons. The van der Waals surface area contributed by atoms with Gasteiger partial charge in [-0.2, -0.15) is 0 Å². The molecule has 0 saturated heterocycles. The third-order valence-corrected chi connectivity index (χ3v) is 2.94. The van der Waals surface area contributed by atoms with Gasteiger partial charge in [-0.3, -0.25) is 9.59 Å². The highest BCUT2D eigenvalue weighted by Crippen LogP contribution is 2.00. The van der Waals surface area contributed by atoms with Gasteiger partial charge in [-0.25, -0.2) is 0 Å². The summed E-state index contributed by atoms with van der Waals surface area (Å²) in [5, 5.41) is 5.46. The second-order valence-electron chi connectivity index (χ2n) is 4.95. The molecule has 4 N–H and O–H groups in total. The zero-order valence-corrected chi connectivity index (χ0v) is 12.0. The summed E-state index contributed by atoms with van der Waals surface area (Å²) >= 11 is 0. The maximum absolute atomic E-state index is 11.6. The molecule has 18 heavy (non-hydrogen) atoms. The maximum atomic E-state index is 11.6. The summed E-state index contributed by atoms with van der Waals surface area (Å²) in [5.41, 5.74) is 5.68. The summed E-state index contributed by atoms with van der Waals surface area (Å²) in [5.74, 6) is -0.361. The highest BCUT2D eigenvalue weighted by molar-refractivity contribution is 5.87. The lowest BCUT2D eigenvalue weighted by molar-refractivity contribution is -0.127. The van der Waals surface area contributed by atoms with E-state index < -0.39 is 6.04 Å². The number of nitrogens with two attached hydrogens (primary N) is 1. The van der Waals surface area contributed by atoms with E-state index in [0.717, 1.165) is 19.3 Å². The molecule has 0 aromatic heterocycles. The van der Waals surface area contributed by atoms with Crippen molar-refractivity contribution in [1.29, 1.82) is 0 Å². The van der Waals surface area contributed by atoms with Gasteiger partial charge in [-0.15, -0.1) is 0 Å². The van der Waals surface area contributed by atoms with Gasteiger partial charge >= 0.3 is 0 Å². The van der Waals surface area contributed by atoms with Gasteiger partial charge in [0.1, 0.15) is 0 Å². The molecule has 5 nitrogen and oxygen atoms in total. The Morgan fingerprint density at radius 3 is 2.28 bits per heavy atom. The van der Waals surface area contributed by atoms with Gasteiger partial charge in [0.2, 0.25) is 11.8 Å². The summed E-state index contributed by atoms with van der Waals surface area (Å²) < 4.78 is 0. The van der Waals surface area contributed by atoms with Crippen molar-refractivity contribution in [2.45, 2.75) is 59.0 Å². The average Bonchev–Trinajstić information content (AvgIpc) is 2.34. The van der Waals surface area contributed by atoms with E-state index in [1.165, 1.54) is 0 Å². The first kappa shape index (κ1) is 16.9. The van der Waals surface area contributed by atoms with E-state index >= 15 is 0 Å². The average molecular weight is 257 g/mol. The Hall–Kier alpha value is -1.10. The SMILES string of the molecule is CCCC(CC)NC(=O)CNC(=O)[C@@H](N)C(C)C. The van der Waals surface area contributed by atoms with Gasteiger partial charge in [0.05, 0.1) is 12.6 Å². The molecule has 0 aromatic carbocycles. The van der Waals surface area contributed by atoms with Crippen LogP contribution in [-0.2, 0) is 9.59 Å². The van der Waals surface area contributed by atoms with Crippen LogP contribution in [0.5, 0.6) is 0 Å². The van der Waals surface area contributed by atoms with Crippen molar-refractivity contribution in [3.63, 3.8) is 0 Å². The zero-order valence-electron chi connectivity index (χ0n) is 12.0. The van der Waals surface area contributed by atoms with Crippen molar-refractivity contribution < 1.29 is 9.59 Å². The first-order valence-electron chi connectivity index (χ1n) is 6.74. The summed E-state index contributed by atoms with van der Waals surface area (Å²) in [6.45, 7) is 7.86. The predicted octanol–water partition coefficient (Wildman–Crippen LogP) is 0.781. The summed E-state index contributed by atoms with van der Waals surface area (Å²) in [6, 6.07) is -0.367. The molecule has 0 aliphatic rings. The molecule has 2 atom stereocenters. The van der Waals surface area contributed by atoms with Crippen molar-refractivity contribution in [2.24, 2.45) is 11.7 Å². The molecule has 5 heteroatoms. The molecule has 2 amide bonds. The molecule has 0 fully saturated rings. The largest absolute Gasteiger partial charge is 0.352 e. The molecule has 0 radical (unpaired) electrons. The van der Waals surface area contributed by atoms with Gasteiger partial charge < -0.3 is 16.4 Å². The van der Waals surface area contributed by atoms with E-state index in [9.17, 15) is 9.59 Å². The Morgan fingerprint density at radius 1 is 1.22 bits per heavy atom. The molecule has 0 aliphatic heterocycles. The Balaban J connectivity index is 3.99. The van der Waals surface area contributed by atoms with Gasteiger partial charge in [0.15, 0.2) is 0 Å². The molecule has 0 aliphatic carbocycles. The van der Waals surface area contributed by atoms with E-state index in [1.54, 1.807) is 0 Å². The van der Waals surface area contributed by atoms with Gasteiger partial charge in [0.25, 0.3) is 0 Å². The fourth-order valence-corrected chi connectivity index (χ4v) is 1.59. The van der Waals surface area contributed by atoms with Crippen molar-refractivity contribution in [3.05, 3.63) is 0 Å². The Morgan fingerprint density at radius 2 is 1.83 bits per heavy atom. The summed E-state index contributed by atoms with van der Waals surface area (Å²) in [4.78, 5) is 23.2. The van der Waals surface area contributed by atoms with Crippen molar-refractivity contribution in [2.75, 3.05) is 6.54 Å². The Kier molecular flexibility index (Phi) is 8.37. The van der Waals surface area contributed by atoms with Crippen LogP contribution in [-0.4, -0.2) is 30.4 Å². The fraction of sp³-hybridized carbons (Fsp3) is 0.846. The lowest BCUT2D eigenvalue weighted by Crippen LogP contribution is -2.48. The Bertz CT molecular complexity index is 267. The molecule has 0 saturated carbocycles. The van der Waals surface area contributed by atoms with Crippen LogP contribution in [0.15, 0.2) is 0 Å². The lowest BCUT2D eigenvalue weighted by atomic mass is 10.1. The first-order chi connectivity index (χ1) is 8.42. The number of carbonyl (C=O) groups is 2. The van der Waals surface area contributed by atoms with Crippen LogP contribution in [0.2, 0.25) is 0 Å². The molecule has 0 bridgehead atoms. The third kappa shape index (κ3) is 6.59. The van der Waals surface area contributed by atoms with Gasteiger partial charge in [-0.1, -0.05) is 34.1 Å². The lowest BCUT2D eigenvalue weighted by Gasteiger charge is -2.18. The molecule has 0 aromatic rings. The molecule has 0 spiro atoms. The number of amides is 2. The quantitative estimate of drug-likeness (QED) is 0.601. The second kappa shape index (κ2) is 8.91. The molecule has 1 unspecified atom stereocenters. The van der Waals surface area contributed by atoms with Crippen LogP contribution in [0, 0.1) is 5.92 Å². The van der Waals surface area contributed by atoms with Crippen molar-refractivity contribution in [3.8, 4) is 0 Å². The van der Waals surface area contributed by atoms with Crippen LogP contribution < -0.4 is 16.4 Å². The van der Waals surface area contributed by atoms with E-state index in [-0.39, 0.29) is 30.3 Å². The van der Waals surface area contributed by atoms with Crippen molar-refractivity contribution >= 4 is 11.8 Å². The minimum absolute atomic E-state index is 0.000528. The van der Waals surface area contributed by atoms with Crippen LogP contribution in [0.3, 0.4) is 0 Å². The first-order valence-corrected chi connectivity index (χ1v) is 6.74. The monoisotopic (exact) mass is 257 g/mol. The van der Waals surface area contributed by atoms with E-state index in [0.29, 0.717) is 0 Å². The minimum Gasteiger partial charge on any atom is -0.352 e. The molecule has 0 heterocycles. The predicted molar refractivity (Wildman–Crippen MR) is 73.0 cm³/mol. The van der Waals surface area contributed by atoms with Crippen molar-refractivity contribution in [1.82, 2.24) is 10.6 Å². The summed E-state index contributed by atoms with van der Waals surface area (Å²) in [7, 11) is 0. The minimum atomic E-state index is -0.560. The smallest absolute Gasteiger partial charge is 0.239 e. The standard InChI is InChI=1S/C13H27N3O2/c1-5-7-10(6-2)16-11(17)8-15-13(18)12(14)9(3)4/h9-10,12H,5-8,14H2,1-4H3,(H,15,18)(H,16,17)/t10?,12-/m0/s1. The van der Waals surface area contributed by atoms with Crippen LogP contribution in [0.25, 0.3) is 0 Å². The van der Waals surface area contributed by atoms with Gasteiger partial charge in [-0.05, 0) is 18.8 Å². The maximum Gasteiger partial charge on any atom is 0.239 e. The number of hydrogen-bond donors (Lipinski definition) is 3.